The standard InChI is InChI=1S/C17H15N3O5/c18-14(19-23)11-15(24-16(21)12-7-3-1-4-8-12)20-25-17(22)13-9-5-2-6-10-13/h1-10,23H,11H2,(H2,18,19)/b20-15-. The molecule has 0 aliphatic rings. The summed E-state index contributed by atoms with van der Waals surface area (Å²) in [7, 11) is 0. The minimum absolute atomic E-state index is 0.267. The summed E-state index contributed by atoms with van der Waals surface area (Å²) < 4.78 is 5.06. The van der Waals surface area contributed by atoms with Crippen molar-refractivity contribution in [3.8, 4) is 0 Å². The van der Waals surface area contributed by atoms with Crippen molar-refractivity contribution in [1.82, 2.24) is 0 Å². The molecule has 0 unspecified atom stereocenters. The highest BCUT2D eigenvalue weighted by Crippen LogP contribution is 2.06. The molecule has 2 aromatic rings. The molecule has 8 nitrogen and oxygen atoms in total. The minimum Gasteiger partial charge on any atom is -0.409 e. The van der Waals surface area contributed by atoms with Crippen LogP contribution in [-0.2, 0) is 9.57 Å². The fourth-order valence-corrected chi connectivity index (χ4v) is 1.74. The van der Waals surface area contributed by atoms with E-state index in [0.717, 1.165) is 0 Å². The Labute approximate surface area is 143 Å². The molecule has 0 radical (unpaired) electrons. The molecule has 25 heavy (non-hydrogen) atoms. The number of carbonyl (C=O) groups is 2. The maximum Gasteiger partial charge on any atom is 0.365 e. The third kappa shape index (κ3) is 5.47. The number of nitrogens with two attached hydrogens (primary N) is 1. The van der Waals surface area contributed by atoms with Gasteiger partial charge in [-0.15, -0.1) is 0 Å². The second kappa shape index (κ2) is 8.82. The molecule has 8 heteroatoms. The number of hydrogen-bond acceptors (Lipinski definition) is 7. The second-order valence-electron chi connectivity index (χ2n) is 4.75. The van der Waals surface area contributed by atoms with E-state index in [4.69, 9.17) is 20.5 Å². The molecule has 0 heterocycles. The van der Waals surface area contributed by atoms with E-state index < -0.39 is 11.9 Å². The summed E-state index contributed by atoms with van der Waals surface area (Å²) in [5.74, 6) is -2.06. The normalized spacial score (nSPS) is 11.7. The summed E-state index contributed by atoms with van der Waals surface area (Å²) in [6.07, 6.45) is -0.322. The van der Waals surface area contributed by atoms with E-state index >= 15 is 0 Å². The van der Waals surface area contributed by atoms with E-state index in [1.54, 1.807) is 48.5 Å². The molecule has 128 valence electrons. The van der Waals surface area contributed by atoms with Crippen molar-refractivity contribution in [3.05, 3.63) is 71.8 Å². The molecule has 2 aromatic carbocycles. The minimum atomic E-state index is -0.742. The van der Waals surface area contributed by atoms with Crippen LogP contribution in [0.4, 0.5) is 0 Å². The van der Waals surface area contributed by atoms with E-state index in [1.165, 1.54) is 12.1 Å². The first-order valence-corrected chi connectivity index (χ1v) is 7.17. The van der Waals surface area contributed by atoms with Crippen molar-refractivity contribution in [2.24, 2.45) is 16.0 Å². The molecule has 2 rings (SSSR count). The van der Waals surface area contributed by atoms with Crippen LogP contribution in [0.3, 0.4) is 0 Å². The molecule has 0 amide bonds. The number of amidine groups is 1. The Morgan fingerprint density at radius 3 is 1.96 bits per heavy atom. The highest BCUT2D eigenvalue weighted by molar-refractivity contribution is 6.05. The van der Waals surface area contributed by atoms with Crippen LogP contribution >= 0.6 is 0 Å². The summed E-state index contributed by atoms with van der Waals surface area (Å²) in [4.78, 5) is 28.7. The van der Waals surface area contributed by atoms with Crippen LogP contribution in [-0.4, -0.2) is 28.9 Å². The van der Waals surface area contributed by atoms with Gasteiger partial charge >= 0.3 is 11.9 Å². The number of hydrogen-bond donors (Lipinski definition) is 2. The molecule has 0 saturated carbocycles. The number of ether oxygens (including phenoxy) is 1. The molecule has 0 aliphatic heterocycles. The summed E-state index contributed by atoms with van der Waals surface area (Å²) in [6.45, 7) is 0. The Hall–Kier alpha value is -3.68. The van der Waals surface area contributed by atoms with Gasteiger partial charge in [-0.3, -0.25) is 0 Å². The highest BCUT2D eigenvalue weighted by atomic mass is 16.7. The van der Waals surface area contributed by atoms with Crippen LogP contribution in [0.15, 0.2) is 71.0 Å². The zero-order valence-electron chi connectivity index (χ0n) is 13.0. The van der Waals surface area contributed by atoms with E-state index in [2.05, 4.69) is 10.3 Å². The van der Waals surface area contributed by atoms with Gasteiger partial charge in [0.1, 0.15) is 5.84 Å². The van der Waals surface area contributed by atoms with Gasteiger partial charge in [0.25, 0.3) is 0 Å². The lowest BCUT2D eigenvalue weighted by atomic mass is 10.2. The summed E-state index contributed by atoms with van der Waals surface area (Å²) in [5.41, 5.74) is 5.93. The van der Waals surface area contributed by atoms with E-state index in [-0.39, 0.29) is 29.3 Å². The van der Waals surface area contributed by atoms with Gasteiger partial charge in [0, 0.05) is 0 Å². The molecule has 0 fully saturated rings. The molecule has 0 aromatic heterocycles. The predicted molar refractivity (Wildman–Crippen MR) is 89.2 cm³/mol. The first kappa shape index (κ1) is 17.7. The third-order valence-corrected chi connectivity index (χ3v) is 2.92. The van der Waals surface area contributed by atoms with Gasteiger partial charge in [0.05, 0.1) is 17.5 Å². The lowest BCUT2D eigenvalue weighted by molar-refractivity contribution is 0.0485. The van der Waals surface area contributed by atoms with Gasteiger partial charge in [-0.05, 0) is 29.4 Å². The Kier molecular flexibility index (Phi) is 6.24. The fraction of sp³-hybridized carbons (Fsp3) is 0.0588. The van der Waals surface area contributed by atoms with Crippen molar-refractivity contribution < 1.29 is 24.4 Å². The second-order valence-corrected chi connectivity index (χ2v) is 4.75. The summed E-state index contributed by atoms with van der Waals surface area (Å²) >= 11 is 0. The number of oxime groups is 2. The molecule has 0 saturated heterocycles. The van der Waals surface area contributed by atoms with Crippen molar-refractivity contribution in [2.45, 2.75) is 6.42 Å². The van der Waals surface area contributed by atoms with Gasteiger partial charge in [-0.1, -0.05) is 41.6 Å². The van der Waals surface area contributed by atoms with E-state index in [9.17, 15) is 9.59 Å². The van der Waals surface area contributed by atoms with E-state index in [1.807, 2.05) is 0 Å². The predicted octanol–water partition coefficient (Wildman–Crippen LogP) is 2.15. The molecular weight excluding hydrogens is 326 g/mol. The maximum atomic E-state index is 12.1. The van der Waals surface area contributed by atoms with Crippen LogP contribution in [0.1, 0.15) is 27.1 Å². The van der Waals surface area contributed by atoms with Crippen LogP contribution in [0.5, 0.6) is 0 Å². The van der Waals surface area contributed by atoms with Crippen LogP contribution in [0.25, 0.3) is 0 Å². The monoisotopic (exact) mass is 341 g/mol. The summed E-state index contributed by atoms with van der Waals surface area (Å²) in [6, 6.07) is 16.3. The van der Waals surface area contributed by atoms with Gasteiger partial charge in [-0.25, -0.2) is 9.59 Å². The number of carbonyl (C=O) groups excluding carboxylic acids is 2. The zero-order valence-corrected chi connectivity index (χ0v) is 13.0. The fourth-order valence-electron chi connectivity index (χ4n) is 1.74. The first-order valence-electron chi connectivity index (χ1n) is 7.17. The highest BCUT2D eigenvalue weighted by Gasteiger charge is 2.15. The van der Waals surface area contributed by atoms with Crippen LogP contribution in [0, 0.1) is 0 Å². The average Bonchev–Trinajstić information content (AvgIpc) is 2.67. The van der Waals surface area contributed by atoms with Crippen molar-refractivity contribution in [3.63, 3.8) is 0 Å². The zero-order chi connectivity index (χ0) is 18.1. The third-order valence-electron chi connectivity index (χ3n) is 2.92. The number of nitrogens with zero attached hydrogens (tertiary/aromatic N) is 2. The number of esters is 1. The van der Waals surface area contributed by atoms with Gasteiger partial charge in [0.2, 0.25) is 5.90 Å². The van der Waals surface area contributed by atoms with Crippen LogP contribution < -0.4 is 5.73 Å². The summed E-state index contributed by atoms with van der Waals surface area (Å²) in [5, 5.41) is 14.9. The molecule has 3 N–H and O–H groups in total. The largest absolute Gasteiger partial charge is 0.409 e. The van der Waals surface area contributed by atoms with Gasteiger partial charge in [0.15, 0.2) is 0 Å². The Morgan fingerprint density at radius 2 is 1.44 bits per heavy atom. The molecular formula is C17H15N3O5. The molecule has 0 bridgehead atoms. The number of benzene rings is 2. The lowest BCUT2D eigenvalue weighted by Crippen LogP contribution is -2.22. The van der Waals surface area contributed by atoms with Gasteiger partial charge < -0.3 is 20.5 Å². The van der Waals surface area contributed by atoms with Crippen molar-refractivity contribution in [1.29, 1.82) is 0 Å². The number of rotatable bonds is 5. The SMILES string of the molecule is N/C(C/C(=N/OC(=O)c1ccccc1)OC(=O)c1ccccc1)=N\O. The first-order chi connectivity index (χ1) is 12.1. The Morgan fingerprint density at radius 1 is 0.920 bits per heavy atom. The molecule has 0 atom stereocenters. The average molecular weight is 341 g/mol. The van der Waals surface area contributed by atoms with Crippen molar-refractivity contribution >= 4 is 23.7 Å². The smallest absolute Gasteiger partial charge is 0.365 e. The van der Waals surface area contributed by atoms with Crippen molar-refractivity contribution in [2.75, 3.05) is 0 Å². The lowest BCUT2D eigenvalue weighted by Gasteiger charge is -2.06. The van der Waals surface area contributed by atoms with Crippen LogP contribution in [0.2, 0.25) is 0 Å². The molecule has 0 aliphatic carbocycles. The van der Waals surface area contributed by atoms with E-state index in [0.29, 0.717) is 0 Å². The molecule has 0 spiro atoms. The quantitative estimate of drug-likeness (QED) is 0.214. The maximum absolute atomic E-state index is 12.1. The van der Waals surface area contributed by atoms with Gasteiger partial charge in [-0.2, -0.15) is 0 Å². The topological polar surface area (TPSA) is 124 Å². The Balaban J connectivity index is 2.12. The Bertz CT molecular complexity index is 788.